The van der Waals surface area contributed by atoms with E-state index in [-0.39, 0.29) is 17.3 Å². The second-order valence-electron chi connectivity index (χ2n) is 5.17. The van der Waals surface area contributed by atoms with Crippen molar-refractivity contribution >= 4 is 17.1 Å². The molecule has 2 rings (SSSR count). The lowest BCUT2D eigenvalue weighted by molar-refractivity contribution is 0.702. The molecule has 7 heteroatoms. The molecule has 0 amide bonds. The van der Waals surface area contributed by atoms with Gasteiger partial charge in [0.15, 0.2) is 11.2 Å². The van der Waals surface area contributed by atoms with Gasteiger partial charge in [0.05, 0.1) is 0 Å². The Morgan fingerprint density at radius 3 is 2.57 bits per heavy atom. The first-order valence-electron chi connectivity index (χ1n) is 6.96. The van der Waals surface area contributed by atoms with Crippen LogP contribution in [0.25, 0.3) is 11.2 Å². The number of rotatable bonds is 5. The number of hydrogen-bond donors (Lipinski definition) is 1. The van der Waals surface area contributed by atoms with Crippen molar-refractivity contribution in [2.24, 2.45) is 14.1 Å². The zero-order valence-electron chi connectivity index (χ0n) is 12.9. The predicted molar refractivity (Wildman–Crippen MR) is 83.8 cm³/mol. The van der Waals surface area contributed by atoms with Gasteiger partial charge in [-0.1, -0.05) is 13.0 Å². The highest BCUT2D eigenvalue weighted by atomic mass is 16.2. The minimum absolute atomic E-state index is 0.214. The molecule has 0 saturated carbocycles. The number of aryl methyl sites for hydroxylation is 1. The van der Waals surface area contributed by atoms with Crippen LogP contribution in [-0.4, -0.2) is 24.7 Å². The van der Waals surface area contributed by atoms with Gasteiger partial charge in [0.2, 0.25) is 5.95 Å². The Kier molecular flexibility index (Phi) is 4.02. The lowest BCUT2D eigenvalue weighted by atomic mass is 10.3. The highest BCUT2D eigenvalue weighted by molar-refractivity contribution is 5.74. The number of aromatic nitrogens is 4. The third kappa shape index (κ3) is 2.39. The lowest BCUT2D eigenvalue weighted by Gasteiger charge is -2.13. The summed E-state index contributed by atoms with van der Waals surface area (Å²) >= 11 is 0. The highest BCUT2D eigenvalue weighted by Crippen LogP contribution is 2.16. The number of nitrogens with one attached hydrogen (secondary N) is 1. The zero-order valence-corrected chi connectivity index (χ0v) is 12.9. The van der Waals surface area contributed by atoms with Crippen LogP contribution in [0.1, 0.15) is 20.3 Å². The van der Waals surface area contributed by atoms with E-state index in [9.17, 15) is 9.59 Å². The summed E-state index contributed by atoms with van der Waals surface area (Å²) in [5.41, 5.74) is 0.0616. The Labute approximate surface area is 122 Å². The molecule has 0 fully saturated rings. The van der Waals surface area contributed by atoms with E-state index >= 15 is 0 Å². The molecule has 2 aromatic rings. The van der Waals surface area contributed by atoms with E-state index in [1.54, 1.807) is 17.7 Å². The number of anilines is 1. The second kappa shape index (κ2) is 5.59. The first-order valence-corrected chi connectivity index (χ1v) is 6.96. The standard InChI is InChI=1S/C14H21N5O2/c1-6-8-19-10-11(16-13(19)15-9(3)7-2)17(4)14(21)18(5)12(10)20/h6,9H,1,7-8H2,2-5H3,(H,15,16). The third-order valence-electron chi connectivity index (χ3n) is 3.65. The average Bonchev–Trinajstić information content (AvgIpc) is 2.82. The summed E-state index contributed by atoms with van der Waals surface area (Å²) in [7, 11) is 3.08. The van der Waals surface area contributed by atoms with Crippen LogP contribution in [0.5, 0.6) is 0 Å². The van der Waals surface area contributed by atoms with Crippen LogP contribution in [0.3, 0.4) is 0 Å². The summed E-state index contributed by atoms with van der Waals surface area (Å²) in [6.45, 7) is 8.27. The number of hydrogen-bond acceptors (Lipinski definition) is 4. The van der Waals surface area contributed by atoms with Crippen molar-refractivity contribution in [3.05, 3.63) is 33.5 Å². The molecule has 0 aliphatic heterocycles. The first-order chi connectivity index (χ1) is 9.92. The number of imidazole rings is 1. The fourth-order valence-corrected chi connectivity index (χ4v) is 2.19. The van der Waals surface area contributed by atoms with Gasteiger partial charge in [0, 0.05) is 26.7 Å². The quantitative estimate of drug-likeness (QED) is 0.828. The molecule has 0 radical (unpaired) electrons. The van der Waals surface area contributed by atoms with Crippen LogP contribution >= 0.6 is 0 Å². The number of nitrogens with zero attached hydrogens (tertiary/aromatic N) is 4. The summed E-state index contributed by atoms with van der Waals surface area (Å²) in [6, 6.07) is 0.214. The van der Waals surface area contributed by atoms with Crippen LogP contribution in [0, 0.1) is 0 Å². The molecule has 0 aliphatic carbocycles. The molecule has 0 saturated heterocycles. The topological polar surface area (TPSA) is 73.8 Å². The van der Waals surface area contributed by atoms with Crippen LogP contribution in [0.2, 0.25) is 0 Å². The molecule has 0 spiro atoms. The van der Waals surface area contributed by atoms with Crippen molar-refractivity contribution in [3.63, 3.8) is 0 Å². The van der Waals surface area contributed by atoms with Gasteiger partial charge in [-0.2, -0.15) is 4.98 Å². The molecule has 1 unspecified atom stereocenters. The van der Waals surface area contributed by atoms with E-state index in [1.165, 1.54) is 11.6 Å². The summed E-state index contributed by atoms with van der Waals surface area (Å²) in [5, 5.41) is 3.27. The maximum Gasteiger partial charge on any atom is 0.332 e. The van der Waals surface area contributed by atoms with Crippen molar-refractivity contribution in [1.82, 2.24) is 18.7 Å². The molecule has 1 atom stereocenters. The monoisotopic (exact) mass is 291 g/mol. The lowest BCUT2D eigenvalue weighted by Crippen LogP contribution is -2.37. The summed E-state index contributed by atoms with van der Waals surface area (Å²) in [5.74, 6) is 0.581. The molecule has 21 heavy (non-hydrogen) atoms. The first kappa shape index (κ1) is 15.1. The van der Waals surface area contributed by atoms with E-state index in [0.29, 0.717) is 23.7 Å². The molecule has 1 N–H and O–H groups in total. The minimum atomic E-state index is -0.383. The Bertz CT molecular complexity index is 796. The third-order valence-corrected chi connectivity index (χ3v) is 3.65. The van der Waals surface area contributed by atoms with Gasteiger partial charge < -0.3 is 9.88 Å². The maximum atomic E-state index is 12.4. The Morgan fingerprint density at radius 2 is 2.00 bits per heavy atom. The number of fused-ring (bicyclic) bond motifs is 1. The van der Waals surface area contributed by atoms with Gasteiger partial charge in [-0.25, -0.2) is 4.79 Å². The van der Waals surface area contributed by atoms with Gasteiger partial charge in [-0.15, -0.1) is 6.58 Å². The molecular weight excluding hydrogens is 270 g/mol. The molecule has 0 bridgehead atoms. The van der Waals surface area contributed by atoms with Gasteiger partial charge in [-0.05, 0) is 13.3 Å². The maximum absolute atomic E-state index is 12.4. The van der Waals surface area contributed by atoms with E-state index in [2.05, 4.69) is 23.8 Å². The fourth-order valence-electron chi connectivity index (χ4n) is 2.19. The van der Waals surface area contributed by atoms with Crippen LogP contribution in [0.15, 0.2) is 22.2 Å². The van der Waals surface area contributed by atoms with Crippen molar-refractivity contribution in [2.45, 2.75) is 32.9 Å². The van der Waals surface area contributed by atoms with E-state index in [1.807, 2.05) is 6.92 Å². The van der Waals surface area contributed by atoms with Crippen molar-refractivity contribution in [1.29, 1.82) is 0 Å². The van der Waals surface area contributed by atoms with Crippen molar-refractivity contribution in [3.8, 4) is 0 Å². The molecule has 2 aromatic heterocycles. The predicted octanol–water partition coefficient (Wildman–Crippen LogP) is 0.830. The smallest absolute Gasteiger partial charge is 0.332 e. The van der Waals surface area contributed by atoms with Gasteiger partial charge in [0.25, 0.3) is 5.56 Å². The van der Waals surface area contributed by atoms with Crippen LogP contribution in [0.4, 0.5) is 5.95 Å². The molecule has 2 heterocycles. The Morgan fingerprint density at radius 1 is 1.33 bits per heavy atom. The van der Waals surface area contributed by atoms with E-state index in [4.69, 9.17) is 0 Å². The molecule has 114 valence electrons. The summed E-state index contributed by atoms with van der Waals surface area (Å²) in [6.07, 6.45) is 2.63. The number of allylic oxidation sites excluding steroid dienone is 1. The Balaban J connectivity index is 2.83. The average molecular weight is 291 g/mol. The SMILES string of the molecule is C=CCn1c(NC(C)CC)nc2c1c(=O)n(C)c(=O)n2C. The molecule has 0 aromatic carbocycles. The minimum Gasteiger partial charge on any atom is -0.353 e. The summed E-state index contributed by atoms with van der Waals surface area (Å²) in [4.78, 5) is 28.8. The van der Waals surface area contributed by atoms with Crippen molar-refractivity contribution < 1.29 is 0 Å². The zero-order chi connectivity index (χ0) is 15.7. The van der Waals surface area contributed by atoms with E-state index < -0.39 is 0 Å². The van der Waals surface area contributed by atoms with Crippen LogP contribution in [-0.2, 0) is 20.6 Å². The molecule has 7 nitrogen and oxygen atoms in total. The van der Waals surface area contributed by atoms with Gasteiger partial charge in [0.1, 0.15) is 0 Å². The van der Waals surface area contributed by atoms with E-state index in [0.717, 1.165) is 11.0 Å². The fraction of sp³-hybridized carbons (Fsp3) is 0.500. The van der Waals surface area contributed by atoms with Gasteiger partial charge >= 0.3 is 5.69 Å². The van der Waals surface area contributed by atoms with Crippen molar-refractivity contribution in [2.75, 3.05) is 5.32 Å². The molecule has 0 aliphatic rings. The molecular formula is C14H21N5O2. The summed E-state index contributed by atoms with van der Waals surface area (Å²) < 4.78 is 4.24. The largest absolute Gasteiger partial charge is 0.353 e. The normalized spacial score (nSPS) is 12.6. The van der Waals surface area contributed by atoms with Crippen LogP contribution < -0.4 is 16.6 Å². The Hall–Kier alpha value is -2.31. The van der Waals surface area contributed by atoms with Gasteiger partial charge in [-0.3, -0.25) is 13.9 Å². The second-order valence-corrected chi connectivity index (χ2v) is 5.17. The highest BCUT2D eigenvalue weighted by Gasteiger charge is 2.18.